The van der Waals surface area contributed by atoms with E-state index in [1.807, 2.05) is 12.1 Å². The fourth-order valence-corrected chi connectivity index (χ4v) is 3.79. The number of hydrogen-bond donors (Lipinski definition) is 4. The number of aromatic nitrogens is 5. The Balaban J connectivity index is 1.49. The van der Waals surface area contributed by atoms with Gasteiger partial charge in [0, 0.05) is 47.8 Å². The molecule has 0 saturated carbocycles. The van der Waals surface area contributed by atoms with Gasteiger partial charge in [-0.1, -0.05) is 33.6 Å². The Morgan fingerprint density at radius 2 is 1.94 bits per heavy atom. The monoisotopic (exact) mass is 529 g/mol. The second kappa shape index (κ2) is 9.79. The van der Waals surface area contributed by atoms with Crippen molar-refractivity contribution in [2.75, 3.05) is 29.5 Å². The molecule has 33 heavy (non-hydrogen) atoms. The minimum absolute atomic E-state index is 0.147. The zero-order valence-corrected chi connectivity index (χ0v) is 19.3. The molecule has 4 aromatic rings. The molecule has 5 N–H and O–H groups in total. The highest BCUT2D eigenvalue weighted by atomic mass is 79.9. The molecule has 0 amide bonds. The summed E-state index contributed by atoms with van der Waals surface area (Å²) in [6, 6.07) is 8.36. The van der Waals surface area contributed by atoms with Crippen LogP contribution in [0.2, 0.25) is 5.02 Å². The van der Waals surface area contributed by atoms with Crippen LogP contribution in [0.25, 0.3) is 22.6 Å². The summed E-state index contributed by atoms with van der Waals surface area (Å²) in [6.07, 6.45) is 5.05. The van der Waals surface area contributed by atoms with Gasteiger partial charge in [-0.3, -0.25) is 10.1 Å². The van der Waals surface area contributed by atoms with Crippen LogP contribution in [0.1, 0.15) is 0 Å². The van der Waals surface area contributed by atoms with Crippen LogP contribution in [0.3, 0.4) is 0 Å². The van der Waals surface area contributed by atoms with Crippen molar-refractivity contribution in [2.24, 2.45) is 0 Å². The van der Waals surface area contributed by atoms with Crippen LogP contribution >= 0.6 is 27.5 Å². The number of halogens is 2. The van der Waals surface area contributed by atoms with Crippen LogP contribution < -0.4 is 16.4 Å². The van der Waals surface area contributed by atoms with Gasteiger partial charge in [0.2, 0.25) is 11.8 Å². The van der Waals surface area contributed by atoms with Crippen molar-refractivity contribution in [2.45, 2.75) is 0 Å². The molecule has 0 aliphatic carbocycles. The van der Waals surface area contributed by atoms with E-state index in [0.29, 0.717) is 47.0 Å². The molecule has 0 aliphatic heterocycles. The second-order valence-corrected chi connectivity index (χ2v) is 8.05. The lowest BCUT2D eigenvalue weighted by Gasteiger charge is -2.12. The topological polar surface area (TPSA) is 161 Å². The van der Waals surface area contributed by atoms with Crippen LogP contribution in [0.4, 0.5) is 23.3 Å². The molecule has 0 aliphatic rings. The molecule has 0 radical (unpaired) electrons. The minimum atomic E-state index is -0.577. The third kappa shape index (κ3) is 5.18. The first kappa shape index (κ1) is 22.4. The third-order valence-corrected chi connectivity index (χ3v) is 5.35. The average Bonchev–Trinajstić information content (AvgIpc) is 3.31. The van der Waals surface area contributed by atoms with Gasteiger partial charge in [-0.15, -0.1) is 0 Å². The molecular formula is C20H17BrClN9O2. The molecular weight excluding hydrogens is 514 g/mol. The van der Waals surface area contributed by atoms with Crippen molar-refractivity contribution in [3.05, 3.63) is 68.5 Å². The predicted octanol–water partition coefficient (Wildman–Crippen LogP) is 4.36. The summed E-state index contributed by atoms with van der Waals surface area (Å²) in [5, 5.41) is 17.6. The Morgan fingerprint density at radius 1 is 1.12 bits per heavy atom. The molecule has 0 unspecified atom stereocenters. The number of nitrogens with one attached hydrogen (secondary N) is 3. The number of nitro groups is 1. The lowest BCUT2D eigenvalue weighted by atomic mass is 10.1. The minimum Gasteiger partial charge on any atom is -0.378 e. The largest absolute Gasteiger partial charge is 0.378 e. The Labute approximate surface area is 201 Å². The highest BCUT2D eigenvalue weighted by Crippen LogP contribution is 2.35. The summed E-state index contributed by atoms with van der Waals surface area (Å²) < 4.78 is 0.856. The number of nitrogens with two attached hydrogens (primary N) is 1. The summed E-state index contributed by atoms with van der Waals surface area (Å²) in [5.41, 5.74) is 7.45. The highest BCUT2D eigenvalue weighted by molar-refractivity contribution is 9.10. The fraction of sp³-hybridized carbons (Fsp3) is 0.100. The Morgan fingerprint density at radius 3 is 2.64 bits per heavy atom. The standard InChI is InChI=1S/C20H17BrClN9O2/c21-11-1-2-12(14(22)9-11)17-13(19-25-6-7-26-19)10-28-20(30-17)27-8-5-24-16-4-3-15(31(32)33)18(23)29-16/h1-4,6-7,9-10H,5,8H2,(H,25,26)(H3,23,24,29)(H,27,28,30). The van der Waals surface area contributed by atoms with Gasteiger partial charge in [-0.05, 0) is 18.2 Å². The summed E-state index contributed by atoms with van der Waals surface area (Å²) in [7, 11) is 0. The maximum absolute atomic E-state index is 10.8. The maximum atomic E-state index is 10.8. The summed E-state index contributed by atoms with van der Waals surface area (Å²) in [5.74, 6) is 1.30. The van der Waals surface area contributed by atoms with Gasteiger partial charge in [-0.25, -0.2) is 19.9 Å². The van der Waals surface area contributed by atoms with E-state index in [0.717, 1.165) is 10.0 Å². The summed E-state index contributed by atoms with van der Waals surface area (Å²) in [4.78, 5) is 30.7. The van der Waals surface area contributed by atoms with Crippen molar-refractivity contribution in [3.8, 4) is 22.6 Å². The number of pyridine rings is 1. The van der Waals surface area contributed by atoms with Crippen LogP contribution in [-0.2, 0) is 0 Å². The van der Waals surface area contributed by atoms with Crippen molar-refractivity contribution in [1.82, 2.24) is 24.9 Å². The third-order valence-electron chi connectivity index (χ3n) is 4.54. The molecule has 0 spiro atoms. The smallest absolute Gasteiger partial charge is 0.311 e. The maximum Gasteiger partial charge on any atom is 0.311 e. The SMILES string of the molecule is Nc1nc(NCCNc2ncc(-c3ncc[nH]3)c(-c3ccc(Br)cc3Cl)n2)ccc1[N+](=O)[O-]. The molecule has 0 atom stereocenters. The first-order chi connectivity index (χ1) is 15.9. The summed E-state index contributed by atoms with van der Waals surface area (Å²) >= 11 is 9.89. The Bertz CT molecular complexity index is 1300. The molecule has 3 heterocycles. The van der Waals surface area contributed by atoms with Gasteiger partial charge >= 0.3 is 5.69 Å². The van der Waals surface area contributed by atoms with E-state index in [4.69, 9.17) is 17.3 Å². The van der Waals surface area contributed by atoms with E-state index in [1.165, 1.54) is 12.1 Å². The summed E-state index contributed by atoms with van der Waals surface area (Å²) in [6.45, 7) is 0.897. The first-order valence-electron chi connectivity index (χ1n) is 9.63. The molecule has 4 rings (SSSR count). The van der Waals surface area contributed by atoms with Gasteiger partial charge < -0.3 is 21.4 Å². The number of imidazole rings is 1. The fourth-order valence-electron chi connectivity index (χ4n) is 3.02. The van der Waals surface area contributed by atoms with E-state index in [2.05, 4.69) is 51.5 Å². The van der Waals surface area contributed by atoms with Crippen LogP contribution in [0.15, 0.2) is 53.4 Å². The number of benzene rings is 1. The number of hydrogen-bond acceptors (Lipinski definition) is 9. The van der Waals surface area contributed by atoms with E-state index in [-0.39, 0.29) is 11.5 Å². The van der Waals surface area contributed by atoms with Gasteiger partial charge in [0.1, 0.15) is 11.6 Å². The van der Waals surface area contributed by atoms with E-state index < -0.39 is 4.92 Å². The molecule has 11 nitrogen and oxygen atoms in total. The van der Waals surface area contributed by atoms with Crippen molar-refractivity contribution in [1.29, 1.82) is 0 Å². The number of H-pyrrole nitrogens is 1. The van der Waals surface area contributed by atoms with Gasteiger partial charge in [0.05, 0.1) is 21.2 Å². The van der Waals surface area contributed by atoms with Gasteiger partial charge in [0.25, 0.3) is 0 Å². The number of aromatic amines is 1. The number of rotatable bonds is 8. The van der Waals surface area contributed by atoms with Crippen molar-refractivity contribution < 1.29 is 4.92 Å². The van der Waals surface area contributed by atoms with E-state index in [1.54, 1.807) is 24.7 Å². The second-order valence-electron chi connectivity index (χ2n) is 6.73. The van der Waals surface area contributed by atoms with Gasteiger partial charge in [0.15, 0.2) is 0 Å². The quantitative estimate of drug-likeness (QED) is 0.147. The van der Waals surface area contributed by atoms with Crippen molar-refractivity contribution in [3.63, 3.8) is 0 Å². The first-order valence-corrected chi connectivity index (χ1v) is 10.8. The number of anilines is 3. The molecule has 1 aromatic carbocycles. The molecule has 3 aromatic heterocycles. The van der Waals surface area contributed by atoms with Crippen LogP contribution in [0, 0.1) is 10.1 Å². The Kier molecular flexibility index (Phi) is 6.66. The number of nitrogens with zero attached hydrogens (tertiary/aromatic N) is 5. The Hall–Kier alpha value is -3.77. The normalized spacial score (nSPS) is 10.7. The van der Waals surface area contributed by atoms with Crippen molar-refractivity contribution >= 4 is 50.8 Å². The lowest BCUT2D eigenvalue weighted by molar-refractivity contribution is -0.384. The number of nitrogen functional groups attached to an aromatic ring is 1. The average molecular weight is 531 g/mol. The molecule has 168 valence electrons. The zero-order chi connectivity index (χ0) is 23.4. The van der Waals surface area contributed by atoms with Crippen LogP contribution in [-0.4, -0.2) is 42.9 Å². The zero-order valence-electron chi connectivity index (χ0n) is 16.9. The van der Waals surface area contributed by atoms with Crippen LogP contribution in [0.5, 0.6) is 0 Å². The molecule has 0 fully saturated rings. The van der Waals surface area contributed by atoms with E-state index in [9.17, 15) is 10.1 Å². The molecule has 13 heteroatoms. The predicted molar refractivity (Wildman–Crippen MR) is 130 cm³/mol. The van der Waals surface area contributed by atoms with E-state index >= 15 is 0 Å². The lowest BCUT2D eigenvalue weighted by Crippen LogP contribution is -2.16. The van der Waals surface area contributed by atoms with Gasteiger partial charge in [-0.2, -0.15) is 0 Å². The molecule has 0 saturated heterocycles. The molecule has 0 bridgehead atoms. The highest BCUT2D eigenvalue weighted by Gasteiger charge is 2.16.